The van der Waals surface area contributed by atoms with Crippen LogP contribution in [0.5, 0.6) is 0 Å². The highest BCUT2D eigenvalue weighted by Gasteiger charge is 2.45. The normalized spacial score (nSPS) is 23.4. The molecular weight excluding hydrogens is 423 g/mol. The third-order valence-electron chi connectivity index (χ3n) is 4.94. The Hall–Kier alpha value is -2.50. The van der Waals surface area contributed by atoms with E-state index in [1.807, 2.05) is 41.2 Å². The molecule has 2 aliphatic rings. The number of amides is 1. The average Bonchev–Trinajstić information content (AvgIpc) is 3.43. The Kier molecular flexibility index (Phi) is 7.06. The van der Waals surface area contributed by atoms with Gasteiger partial charge < -0.3 is 15.2 Å². The minimum absolute atomic E-state index is 0.0154. The SMILES string of the molecule is O=C(N[C@@H]1CN(Cc2ccccn2)[C@@H]2COC[C@@H]21)c1ccsc1.O=C(O)C(F)(F)F. The number of thiophene rings is 1. The fourth-order valence-corrected chi connectivity index (χ4v) is 4.16. The van der Waals surface area contributed by atoms with Crippen molar-refractivity contribution in [1.82, 2.24) is 15.2 Å². The lowest BCUT2D eigenvalue weighted by molar-refractivity contribution is -0.192. The number of carbonyl (C=O) groups excluding carboxylic acids is 1. The molecule has 0 unspecified atom stereocenters. The van der Waals surface area contributed by atoms with E-state index in [1.165, 1.54) is 0 Å². The van der Waals surface area contributed by atoms with E-state index in [1.54, 1.807) is 11.3 Å². The molecule has 11 heteroatoms. The largest absolute Gasteiger partial charge is 0.490 e. The van der Waals surface area contributed by atoms with Gasteiger partial charge in [-0.1, -0.05) is 6.07 Å². The summed E-state index contributed by atoms with van der Waals surface area (Å²) in [5.41, 5.74) is 1.80. The number of carboxylic acids is 1. The number of aromatic nitrogens is 1. The third-order valence-corrected chi connectivity index (χ3v) is 5.63. The quantitative estimate of drug-likeness (QED) is 0.754. The van der Waals surface area contributed by atoms with Crippen molar-refractivity contribution in [2.75, 3.05) is 19.8 Å². The molecule has 0 aromatic carbocycles. The van der Waals surface area contributed by atoms with Gasteiger partial charge in [0.1, 0.15) is 0 Å². The first-order valence-corrected chi connectivity index (χ1v) is 10.0. The second-order valence-corrected chi connectivity index (χ2v) is 7.69. The molecule has 2 saturated heterocycles. The minimum atomic E-state index is -5.08. The van der Waals surface area contributed by atoms with E-state index >= 15 is 0 Å². The Bertz CT molecular complexity index is 848. The molecular formula is C19H20F3N3O4S. The number of aliphatic carboxylic acids is 1. The van der Waals surface area contributed by atoms with E-state index in [4.69, 9.17) is 14.6 Å². The predicted molar refractivity (Wildman–Crippen MR) is 102 cm³/mol. The van der Waals surface area contributed by atoms with Crippen LogP contribution in [0.25, 0.3) is 0 Å². The van der Waals surface area contributed by atoms with Crippen molar-refractivity contribution in [3.63, 3.8) is 0 Å². The van der Waals surface area contributed by atoms with E-state index in [0.29, 0.717) is 12.0 Å². The van der Waals surface area contributed by atoms with Crippen LogP contribution in [0.4, 0.5) is 13.2 Å². The molecule has 0 saturated carbocycles. The average molecular weight is 443 g/mol. The van der Waals surface area contributed by atoms with Gasteiger partial charge in [-0.15, -0.1) is 0 Å². The van der Waals surface area contributed by atoms with Gasteiger partial charge in [-0.25, -0.2) is 4.79 Å². The second-order valence-electron chi connectivity index (χ2n) is 6.91. The molecule has 2 N–H and O–H groups in total. The van der Waals surface area contributed by atoms with Gasteiger partial charge >= 0.3 is 12.1 Å². The van der Waals surface area contributed by atoms with Gasteiger partial charge in [0.2, 0.25) is 0 Å². The summed E-state index contributed by atoms with van der Waals surface area (Å²) in [6, 6.07) is 8.35. The Morgan fingerprint density at radius 3 is 2.67 bits per heavy atom. The molecule has 4 rings (SSSR count). The predicted octanol–water partition coefficient (Wildman–Crippen LogP) is 2.41. The minimum Gasteiger partial charge on any atom is -0.475 e. The van der Waals surface area contributed by atoms with E-state index in [9.17, 15) is 18.0 Å². The monoisotopic (exact) mass is 443 g/mol. The molecule has 2 aliphatic heterocycles. The van der Waals surface area contributed by atoms with Gasteiger partial charge in [-0.2, -0.15) is 24.5 Å². The first-order chi connectivity index (χ1) is 14.3. The number of ether oxygens (including phenoxy) is 1. The molecule has 2 aromatic rings. The van der Waals surface area contributed by atoms with Crippen LogP contribution in [-0.2, 0) is 16.1 Å². The van der Waals surface area contributed by atoms with Crippen molar-refractivity contribution in [2.24, 2.45) is 5.92 Å². The highest BCUT2D eigenvalue weighted by atomic mass is 32.1. The summed E-state index contributed by atoms with van der Waals surface area (Å²) in [7, 11) is 0. The number of rotatable bonds is 4. The van der Waals surface area contributed by atoms with Crippen LogP contribution < -0.4 is 5.32 Å². The van der Waals surface area contributed by atoms with Crippen LogP contribution in [0.15, 0.2) is 41.2 Å². The van der Waals surface area contributed by atoms with Crippen molar-refractivity contribution in [3.05, 3.63) is 52.5 Å². The van der Waals surface area contributed by atoms with Crippen molar-refractivity contribution in [1.29, 1.82) is 0 Å². The van der Waals surface area contributed by atoms with Crippen LogP contribution in [0.3, 0.4) is 0 Å². The van der Waals surface area contributed by atoms with E-state index < -0.39 is 12.1 Å². The fourth-order valence-electron chi connectivity index (χ4n) is 3.52. The maximum absolute atomic E-state index is 12.3. The number of nitrogens with one attached hydrogen (secondary N) is 1. The van der Waals surface area contributed by atoms with Crippen molar-refractivity contribution < 1.29 is 32.6 Å². The molecule has 3 atom stereocenters. The number of hydrogen-bond acceptors (Lipinski definition) is 6. The molecule has 0 spiro atoms. The molecule has 4 heterocycles. The number of fused-ring (bicyclic) bond motifs is 1. The molecule has 7 nitrogen and oxygen atoms in total. The second kappa shape index (κ2) is 9.54. The van der Waals surface area contributed by atoms with Crippen molar-refractivity contribution in [2.45, 2.75) is 24.8 Å². The molecule has 162 valence electrons. The number of halogens is 3. The Labute approximate surface area is 174 Å². The summed E-state index contributed by atoms with van der Waals surface area (Å²) in [4.78, 5) is 28.0. The molecule has 0 bridgehead atoms. The summed E-state index contributed by atoms with van der Waals surface area (Å²) in [6.07, 6.45) is -3.26. The van der Waals surface area contributed by atoms with Crippen LogP contribution in [0.2, 0.25) is 0 Å². The van der Waals surface area contributed by atoms with Gasteiger partial charge in [0, 0.05) is 48.2 Å². The van der Waals surface area contributed by atoms with Gasteiger partial charge in [-0.05, 0) is 23.6 Å². The number of alkyl halides is 3. The summed E-state index contributed by atoms with van der Waals surface area (Å²) in [5.74, 6) is -2.38. The van der Waals surface area contributed by atoms with Gasteiger partial charge in [-0.3, -0.25) is 14.7 Å². The number of likely N-dealkylation sites (tertiary alicyclic amines) is 1. The topological polar surface area (TPSA) is 91.8 Å². The summed E-state index contributed by atoms with van der Waals surface area (Å²) >= 11 is 1.54. The lowest BCUT2D eigenvalue weighted by atomic mass is 9.99. The van der Waals surface area contributed by atoms with Gasteiger partial charge in [0.15, 0.2) is 0 Å². The number of carbonyl (C=O) groups is 2. The lowest BCUT2D eigenvalue weighted by Gasteiger charge is -2.21. The van der Waals surface area contributed by atoms with E-state index in [0.717, 1.165) is 37.6 Å². The highest BCUT2D eigenvalue weighted by molar-refractivity contribution is 7.08. The smallest absolute Gasteiger partial charge is 0.475 e. The maximum Gasteiger partial charge on any atom is 0.490 e. The van der Waals surface area contributed by atoms with E-state index in [2.05, 4.69) is 15.2 Å². The Morgan fingerprint density at radius 2 is 2.07 bits per heavy atom. The van der Waals surface area contributed by atoms with Crippen LogP contribution in [0, 0.1) is 5.92 Å². The Morgan fingerprint density at radius 1 is 1.30 bits per heavy atom. The zero-order chi connectivity index (χ0) is 21.7. The van der Waals surface area contributed by atoms with Crippen LogP contribution >= 0.6 is 11.3 Å². The first-order valence-electron chi connectivity index (χ1n) is 9.10. The first kappa shape index (κ1) is 22.2. The number of pyridine rings is 1. The number of nitrogens with zero attached hydrogens (tertiary/aromatic N) is 2. The molecule has 2 aromatic heterocycles. The fraction of sp³-hybridized carbons (Fsp3) is 0.421. The highest BCUT2D eigenvalue weighted by Crippen LogP contribution is 2.31. The summed E-state index contributed by atoms with van der Waals surface area (Å²) < 4.78 is 37.4. The molecule has 0 radical (unpaired) electrons. The van der Waals surface area contributed by atoms with Crippen molar-refractivity contribution >= 4 is 23.2 Å². The maximum atomic E-state index is 12.3. The molecule has 1 amide bonds. The lowest BCUT2D eigenvalue weighted by Crippen LogP contribution is -2.41. The number of hydrogen-bond donors (Lipinski definition) is 2. The zero-order valence-corrected chi connectivity index (χ0v) is 16.5. The van der Waals surface area contributed by atoms with Crippen molar-refractivity contribution in [3.8, 4) is 0 Å². The van der Waals surface area contributed by atoms with E-state index in [-0.39, 0.29) is 11.9 Å². The summed E-state index contributed by atoms with van der Waals surface area (Å²) in [5, 5.41) is 14.1. The Balaban J connectivity index is 0.000000318. The standard InChI is InChI=1S/C17H19N3O2S.C2HF3O2/c21-17(12-4-6-23-11-12)19-15-8-20(16-10-22-9-14(15)16)7-13-3-1-2-5-18-13;3-2(4,5)1(6)7/h1-6,11,14-16H,7-10H2,(H,19,21);(H,6,7)/t14-,15-,16-;/m1./s1. The zero-order valence-electron chi connectivity index (χ0n) is 15.7. The van der Waals surface area contributed by atoms with Gasteiger partial charge in [0.25, 0.3) is 5.91 Å². The van der Waals surface area contributed by atoms with Crippen LogP contribution in [0.1, 0.15) is 16.1 Å². The van der Waals surface area contributed by atoms with Gasteiger partial charge in [0.05, 0.1) is 18.9 Å². The summed E-state index contributed by atoms with van der Waals surface area (Å²) in [6.45, 7) is 3.11. The van der Waals surface area contributed by atoms with Crippen LogP contribution in [-0.4, -0.2) is 64.9 Å². The molecule has 0 aliphatic carbocycles. The third kappa shape index (κ3) is 5.55. The number of carboxylic acid groups (broad SMARTS) is 1. The molecule has 30 heavy (non-hydrogen) atoms. The molecule has 2 fully saturated rings.